The molecule has 1 N–H and O–H groups in total. The molecule has 1 aromatic heterocycles. The van der Waals surface area contributed by atoms with Gasteiger partial charge in [0, 0.05) is 38.9 Å². The third kappa shape index (κ3) is 4.82. The molecule has 140 valence electrons. The van der Waals surface area contributed by atoms with E-state index in [1.165, 1.54) is 6.07 Å². The maximum Gasteiger partial charge on any atom is 0.193 e. The highest BCUT2D eigenvalue weighted by Gasteiger charge is 2.24. The molecule has 0 spiro atoms. The second-order valence-corrected chi connectivity index (χ2v) is 6.46. The quantitative estimate of drug-likeness (QED) is 0.505. The molecule has 1 aromatic carbocycles. The first-order chi connectivity index (χ1) is 12.7. The number of nitrogens with one attached hydrogen (secondary N) is 1. The minimum Gasteiger partial charge on any atom is -0.370 e. The Bertz CT molecular complexity index is 745. The van der Waals surface area contributed by atoms with Crippen LogP contribution in [0.4, 0.5) is 4.39 Å². The SMILES string of the molecule is CN=C(NCCCc1cccc(F)c1)N1CCOC(c2cnn(C)c2)C1. The van der Waals surface area contributed by atoms with Crippen LogP contribution in [-0.4, -0.2) is 53.9 Å². The lowest BCUT2D eigenvalue weighted by molar-refractivity contribution is -0.00801. The Morgan fingerprint density at radius 1 is 1.46 bits per heavy atom. The summed E-state index contributed by atoms with van der Waals surface area (Å²) in [5, 5.41) is 7.63. The number of nitrogens with zero attached hydrogens (tertiary/aromatic N) is 4. The van der Waals surface area contributed by atoms with Crippen molar-refractivity contribution >= 4 is 5.96 Å². The second-order valence-electron chi connectivity index (χ2n) is 6.46. The molecular formula is C19H26FN5O. The van der Waals surface area contributed by atoms with Crippen molar-refractivity contribution in [2.45, 2.75) is 18.9 Å². The van der Waals surface area contributed by atoms with E-state index in [0.717, 1.165) is 49.6 Å². The summed E-state index contributed by atoms with van der Waals surface area (Å²) in [5.74, 6) is 0.697. The highest BCUT2D eigenvalue weighted by atomic mass is 19.1. The molecule has 1 fully saturated rings. The van der Waals surface area contributed by atoms with E-state index in [2.05, 4.69) is 20.3 Å². The number of guanidine groups is 1. The van der Waals surface area contributed by atoms with Crippen LogP contribution < -0.4 is 5.32 Å². The van der Waals surface area contributed by atoms with Crippen LogP contribution in [0.2, 0.25) is 0 Å². The van der Waals surface area contributed by atoms with E-state index in [1.54, 1.807) is 23.9 Å². The maximum atomic E-state index is 13.2. The molecule has 26 heavy (non-hydrogen) atoms. The molecule has 2 aromatic rings. The fourth-order valence-corrected chi connectivity index (χ4v) is 3.17. The van der Waals surface area contributed by atoms with Crippen LogP contribution >= 0.6 is 0 Å². The predicted molar refractivity (Wildman–Crippen MR) is 99.6 cm³/mol. The van der Waals surface area contributed by atoms with Crippen molar-refractivity contribution in [3.05, 3.63) is 53.6 Å². The van der Waals surface area contributed by atoms with Crippen LogP contribution in [-0.2, 0) is 18.2 Å². The van der Waals surface area contributed by atoms with Crippen molar-refractivity contribution in [2.75, 3.05) is 33.3 Å². The van der Waals surface area contributed by atoms with Gasteiger partial charge in [-0.3, -0.25) is 9.67 Å². The number of aryl methyl sites for hydroxylation is 2. The van der Waals surface area contributed by atoms with Gasteiger partial charge in [0.05, 0.1) is 19.3 Å². The second kappa shape index (κ2) is 8.80. The number of rotatable bonds is 5. The molecule has 0 bridgehead atoms. The summed E-state index contributed by atoms with van der Waals surface area (Å²) < 4.78 is 20.9. The fraction of sp³-hybridized carbons (Fsp3) is 0.474. The van der Waals surface area contributed by atoms with Crippen molar-refractivity contribution in [2.24, 2.45) is 12.0 Å². The summed E-state index contributed by atoms with van der Waals surface area (Å²) in [4.78, 5) is 6.61. The average molecular weight is 359 g/mol. The molecule has 1 unspecified atom stereocenters. The highest BCUT2D eigenvalue weighted by Crippen LogP contribution is 2.21. The summed E-state index contributed by atoms with van der Waals surface area (Å²) in [6.45, 7) is 3.00. The van der Waals surface area contributed by atoms with Crippen LogP contribution in [0.25, 0.3) is 0 Å². The van der Waals surface area contributed by atoms with Gasteiger partial charge in [-0.2, -0.15) is 5.10 Å². The Morgan fingerprint density at radius 2 is 2.35 bits per heavy atom. The van der Waals surface area contributed by atoms with Gasteiger partial charge in [0.1, 0.15) is 11.9 Å². The number of benzene rings is 1. The van der Waals surface area contributed by atoms with E-state index in [4.69, 9.17) is 4.74 Å². The number of morpholine rings is 1. The number of aromatic nitrogens is 2. The van der Waals surface area contributed by atoms with Crippen LogP contribution in [0.1, 0.15) is 23.7 Å². The summed E-state index contributed by atoms with van der Waals surface area (Å²) in [5.41, 5.74) is 2.10. The Kier molecular flexibility index (Phi) is 6.22. The van der Waals surface area contributed by atoms with E-state index in [9.17, 15) is 4.39 Å². The van der Waals surface area contributed by atoms with E-state index in [1.807, 2.05) is 25.5 Å². The Hall–Kier alpha value is -2.41. The van der Waals surface area contributed by atoms with Crippen molar-refractivity contribution in [3.8, 4) is 0 Å². The first kappa shape index (κ1) is 18.4. The van der Waals surface area contributed by atoms with Crippen molar-refractivity contribution < 1.29 is 9.13 Å². The maximum absolute atomic E-state index is 13.2. The fourth-order valence-electron chi connectivity index (χ4n) is 3.17. The number of hydrogen-bond acceptors (Lipinski definition) is 3. The standard InChI is InChI=1S/C19H26FN5O/c1-21-19(22-8-4-6-15-5-3-7-17(20)11-15)25-9-10-26-18(14-25)16-12-23-24(2)13-16/h3,5,7,11-13,18H,4,6,8-10,14H2,1-2H3,(H,21,22). The number of halogens is 1. The van der Waals surface area contributed by atoms with Gasteiger partial charge in [0.25, 0.3) is 0 Å². The molecule has 2 heterocycles. The summed E-state index contributed by atoms with van der Waals surface area (Å²) >= 11 is 0. The lowest BCUT2D eigenvalue weighted by Crippen LogP contribution is -2.48. The molecule has 6 nitrogen and oxygen atoms in total. The largest absolute Gasteiger partial charge is 0.370 e. The molecule has 0 amide bonds. The molecule has 1 aliphatic rings. The molecule has 1 aliphatic heterocycles. The summed E-state index contributed by atoms with van der Waals surface area (Å²) in [7, 11) is 3.70. The van der Waals surface area contributed by atoms with Gasteiger partial charge in [-0.15, -0.1) is 0 Å². The lowest BCUT2D eigenvalue weighted by atomic mass is 10.1. The van der Waals surface area contributed by atoms with Crippen LogP contribution in [0, 0.1) is 5.82 Å². The number of aliphatic imine (C=N–C) groups is 1. The Labute approximate surface area is 153 Å². The molecule has 7 heteroatoms. The van der Waals surface area contributed by atoms with Gasteiger partial charge in [0.15, 0.2) is 5.96 Å². The van der Waals surface area contributed by atoms with Gasteiger partial charge in [0.2, 0.25) is 0 Å². The van der Waals surface area contributed by atoms with Gasteiger partial charge in [-0.1, -0.05) is 12.1 Å². The zero-order chi connectivity index (χ0) is 18.4. The lowest BCUT2D eigenvalue weighted by Gasteiger charge is -2.34. The van der Waals surface area contributed by atoms with Crippen LogP contribution in [0.5, 0.6) is 0 Å². The normalized spacial score (nSPS) is 18.2. The Morgan fingerprint density at radius 3 is 3.08 bits per heavy atom. The van der Waals surface area contributed by atoms with Gasteiger partial charge < -0.3 is 15.0 Å². The van der Waals surface area contributed by atoms with Gasteiger partial charge in [-0.25, -0.2) is 4.39 Å². The predicted octanol–water partition coefficient (Wildman–Crippen LogP) is 2.14. The smallest absolute Gasteiger partial charge is 0.193 e. The van der Waals surface area contributed by atoms with E-state index in [0.29, 0.717) is 6.61 Å². The van der Waals surface area contributed by atoms with Crippen LogP contribution in [0.3, 0.4) is 0 Å². The van der Waals surface area contributed by atoms with E-state index < -0.39 is 0 Å². The van der Waals surface area contributed by atoms with Crippen molar-refractivity contribution in [1.29, 1.82) is 0 Å². The first-order valence-electron chi connectivity index (χ1n) is 8.96. The van der Waals surface area contributed by atoms with Crippen molar-refractivity contribution in [1.82, 2.24) is 20.0 Å². The third-order valence-electron chi connectivity index (χ3n) is 4.49. The first-order valence-corrected chi connectivity index (χ1v) is 8.96. The number of ether oxygens (including phenoxy) is 1. The number of hydrogen-bond donors (Lipinski definition) is 1. The topological polar surface area (TPSA) is 54.7 Å². The minimum atomic E-state index is -0.180. The highest BCUT2D eigenvalue weighted by molar-refractivity contribution is 5.80. The average Bonchev–Trinajstić information content (AvgIpc) is 3.08. The minimum absolute atomic E-state index is 0.00305. The zero-order valence-corrected chi connectivity index (χ0v) is 15.4. The summed E-state index contributed by atoms with van der Waals surface area (Å²) in [6.07, 6.45) is 5.60. The molecule has 1 saturated heterocycles. The molecule has 0 radical (unpaired) electrons. The molecular weight excluding hydrogens is 333 g/mol. The summed E-state index contributed by atoms with van der Waals surface area (Å²) in [6, 6.07) is 6.78. The van der Waals surface area contributed by atoms with Crippen molar-refractivity contribution in [3.63, 3.8) is 0 Å². The molecule has 0 aliphatic carbocycles. The Balaban J connectivity index is 1.48. The third-order valence-corrected chi connectivity index (χ3v) is 4.49. The van der Waals surface area contributed by atoms with Gasteiger partial charge >= 0.3 is 0 Å². The van der Waals surface area contributed by atoms with E-state index >= 15 is 0 Å². The van der Waals surface area contributed by atoms with Crippen LogP contribution in [0.15, 0.2) is 41.7 Å². The monoisotopic (exact) mass is 359 g/mol. The van der Waals surface area contributed by atoms with Gasteiger partial charge in [-0.05, 0) is 30.5 Å². The molecule has 3 rings (SSSR count). The molecule has 1 atom stereocenters. The van der Waals surface area contributed by atoms with E-state index in [-0.39, 0.29) is 11.9 Å². The zero-order valence-electron chi connectivity index (χ0n) is 15.4. The molecule has 0 saturated carbocycles.